The van der Waals surface area contributed by atoms with Crippen LogP contribution in [0.2, 0.25) is 0 Å². The van der Waals surface area contributed by atoms with Crippen LogP contribution in [0.1, 0.15) is 0 Å². The van der Waals surface area contributed by atoms with E-state index in [-0.39, 0.29) is 5.82 Å². The first-order chi connectivity index (χ1) is 15.1. The number of fused-ring (bicyclic) bond motifs is 1. The number of aromatic nitrogens is 3. The monoisotopic (exact) mass is 414 g/mol. The third-order valence-electron chi connectivity index (χ3n) is 5.81. The van der Waals surface area contributed by atoms with Gasteiger partial charge < -0.3 is 15.5 Å². The molecule has 7 heteroatoms. The molecule has 6 nitrogen and oxygen atoms in total. The minimum atomic E-state index is -0.230. The average molecular weight is 414 g/mol. The summed E-state index contributed by atoms with van der Waals surface area (Å²) in [6.45, 7) is 3.50. The summed E-state index contributed by atoms with van der Waals surface area (Å²) in [6, 6.07) is 15.1. The number of nitrogen functional groups attached to an aromatic ring is 1. The molecule has 4 aromatic rings. The third-order valence-corrected chi connectivity index (χ3v) is 5.81. The Hall–Kier alpha value is -3.58. The zero-order chi connectivity index (χ0) is 21.4. The molecule has 0 radical (unpaired) electrons. The fourth-order valence-corrected chi connectivity index (χ4v) is 4.05. The van der Waals surface area contributed by atoms with Crippen LogP contribution in [0.5, 0.6) is 0 Å². The van der Waals surface area contributed by atoms with Crippen molar-refractivity contribution in [2.75, 3.05) is 43.9 Å². The number of halogens is 1. The molecular formula is C24H23FN6. The number of anilines is 2. The number of piperazine rings is 1. The van der Waals surface area contributed by atoms with Gasteiger partial charge in [0, 0.05) is 43.3 Å². The molecule has 0 amide bonds. The predicted octanol–water partition coefficient (Wildman–Crippen LogP) is 3.83. The Labute approximate surface area is 180 Å². The smallest absolute Gasteiger partial charge is 0.147 e. The van der Waals surface area contributed by atoms with Crippen molar-refractivity contribution in [3.8, 4) is 22.4 Å². The Kier molecular flexibility index (Phi) is 4.95. The SMILES string of the molecule is CN1CCN(c2ccc(-c3ncnc4ccc(-c5ccnc(N)c5)cc34)cc2F)CC1. The van der Waals surface area contributed by atoms with Gasteiger partial charge in [0.1, 0.15) is 18.0 Å². The van der Waals surface area contributed by atoms with E-state index >= 15 is 4.39 Å². The van der Waals surface area contributed by atoms with Gasteiger partial charge in [0.2, 0.25) is 0 Å². The molecule has 3 heterocycles. The largest absolute Gasteiger partial charge is 0.384 e. The second kappa shape index (κ2) is 7.92. The first kappa shape index (κ1) is 19.4. The van der Waals surface area contributed by atoms with Gasteiger partial charge in [-0.25, -0.2) is 19.3 Å². The molecule has 2 aromatic heterocycles. The highest BCUT2D eigenvalue weighted by Crippen LogP contribution is 2.32. The van der Waals surface area contributed by atoms with Crippen LogP contribution < -0.4 is 10.6 Å². The van der Waals surface area contributed by atoms with Gasteiger partial charge in [-0.3, -0.25) is 0 Å². The number of benzene rings is 2. The number of hydrogen-bond acceptors (Lipinski definition) is 6. The van der Waals surface area contributed by atoms with E-state index in [9.17, 15) is 0 Å². The fraction of sp³-hybridized carbons (Fsp3) is 0.208. The van der Waals surface area contributed by atoms with Gasteiger partial charge in [0.05, 0.1) is 16.9 Å². The predicted molar refractivity (Wildman–Crippen MR) is 122 cm³/mol. The van der Waals surface area contributed by atoms with Crippen molar-refractivity contribution < 1.29 is 4.39 Å². The molecule has 0 bridgehead atoms. The van der Waals surface area contributed by atoms with Crippen LogP contribution in [0.15, 0.2) is 61.1 Å². The lowest BCUT2D eigenvalue weighted by atomic mass is 10.0. The minimum absolute atomic E-state index is 0.230. The van der Waals surface area contributed by atoms with E-state index in [1.165, 1.54) is 6.33 Å². The van der Waals surface area contributed by atoms with Crippen LogP contribution >= 0.6 is 0 Å². The van der Waals surface area contributed by atoms with E-state index in [1.807, 2.05) is 42.5 Å². The number of likely N-dealkylation sites (N-methyl/N-ethyl adjacent to an activating group) is 1. The number of hydrogen-bond donors (Lipinski definition) is 1. The topological polar surface area (TPSA) is 71.2 Å². The van der Waals surface area contributed by atoms with Crippen molar-refractivity contribution >= 4 is 22.4 Å². The van der Waals surface area contributed by atoms with E-state index in [2.05, 4.69) is 31.8 Å². The van der Waals surface area contributed by atoms with Gasteiger partial charge in [-0.15, -0.1) is 0 Å². The first-order valence-electron chi connectivity index (χ1n) is 10.3. The molecule has 1 aliphatic heterocycles. The Morgan fingerprint density at radius 1 is 0.839 bits per heavy atom. The van der Waals surface area contributed by atoms with Crippen LogP contribution in [-0.2, 0) is 0 Å². The van der Waals surface area contributed by atoms with Crippen molar-refractivity contribution in [2.45, 2.75) is 0 Å². The van der Waals surface area contributed by atoms with Gasteiger partial charge in [-0.05, 0) is 54.6 Å². The third kappa shape index (κ3) is 3.80. The Morgan fingerprint density at radius 2 is 1.61 bits per heavy atom. The summed E-state index contributed by atoms with van der Waals surface area (Å²) in [7, 11) is 2.09. The van der Waals surface area contributed by atoms with Crippen molar-refractivity contribution in [1.82, 2.24) is 19.9 Å². The summed E-state index contributed by atoms with van der Waals surface area (Å²) in [5.41, 5.74) is 10.7. The number of rotatable bonds is 3. The van der Waals surface area contributed by atoms with Crippen molar-refractivity contribution in [2.24, 2.45) is 0 Å². The van der Waals surface area contributed by atoms with Crippen molar-refractivity contribution in [3.05, 3.63) is 66.9 Å². The fourth-order valence-electron chi connectivity index (χ4n) is 4.05. The van der Waals surface area contributed by atoms with Crippen LogP contribution in [0.4, 0.5) is 15.9 Å². The number of pyridine rings is 1. The molecule has 0 aliphatic carbocycles. The summed E-state index contributed by atoms with van der Waals surface area (Å²) in [5, 5.41) is 0.863. The summed E-state index contributed by atoms with van der Waals surface area (Å²) >= 11 is 0. The quantitative estimate of drug-likeness (QED) is 0.549. The molecule has 0 atom stereocenters. The summed E-state index contributed by atoms with van der Waals surface area (Å²) < 4.78 is 15.1. The Morgan fingerprint density at radius 3 is 2.39 bits per heavy atom. The zero-order valence-corrected chi connectivity index (χ0v) is 17.3. The number of nitrogens with two attached hydrogens (primary N) is 1. The van der Waals surface area contributed by atoms with Gasteiger partial charge in [0.25, 0.3) is 0 Å². The lowest BCUT2D eigenvalue weighted by molar-refractivity contribution is 0.311. The van der Waals surface area contributed by atoms with Crippen LogP contribution in [0.25, 0.3) is 33.3 Å². The summed E-state index contributed by atoms with van der Waals surface area (Å²) in [5.74, 6) is 0.232. The maximum absolute atomic E-state index is 15.1. The van der Waals surface area contributed by atoms with E-state index in [1.54, 1.807) is 12.3 Å². The molecule has 0 spiro atoms. The molecular weight excluding hydrogens is 391 g/mol. The van der Waals surface area contributed by atoms with E-state index in [0.29, 0.717) is 17.2 Å². The van der Waals surface area contributed by atoms with Gasteiger partial charge >= 0.3 is 0 Å². The molecule has 0 unspecified atom stereocenters. The highest BCUT2D eigenvalue weighted by atomic mass is 19.1. The second-order valence-electron chi connectivity index (χ2n) is 7.88. The molecule has 1 fully saturated rings. The molecule has 5 rings (SSSR count). The highest BCUT2D eigenvalue weighted by molar-refractivity contribution is 5.95. The van der Waals surface area contributed by atoms with Crippen LogP contribution in [-0.4, -0.2) is 53.1 Å². The molecule has 2 N–H and O–H groups in total. The zero-order valence-electron chi connectivity index (χ0n) is 17.3. The molecule has 31 heavy (non-hydrogen) atoms. The molecule has 156 valence electrons. The molecule has 1 aliphatic rings. The van der Waals surface area contributed by atoms with Crippen molar-refractivity contribution in [3.63, 3.8) is 0 Å². The standard InChI is InChI=1S/C24H23FN6/c1-30-8-10-31(11-9-30)22-5-3-18(13-20(22)25)24-19-12-16(2-4-21(19)28-15-29-24)17-6-7-27-23(26)14-17/h2-7,12-15H,8-11H2,1H3,(H2,26,27). The summed E-state index contributed by atoms with van der Waals surface area (Å²) in [6.07, 6.45) is 3.21. The lowest BCUT2D eigenvalue weighted by Crippen LogP contribution is -2.44. The Balaban J connectivity index is 1.55. The van der Waals surface area contributed by atoms with Crippen molar-refractivity contribution in [1.29, 1.82) is 0 Å². The van der Waals surface area contributed by atoms with E-state index in [4.69, 9.17) is 5.73 Å². The lowest BCUT2D eigenvalue weighted by Gasteiger charge is -2.34. The van der Waals surface area contributed by atoms with Gasteiger partial charge in [-0.2, -0.15) is 0 Å². The summed E-state index contributed by atoms with van der Waals surface area (Å²) in [4.78, 5) is 17.3. The molecule has 1 saturated heterocycles. The molecule has 2 aromatic carbocycles. The first-order valence-corrected chi connectivity index (χ1v) is 10.3. The van der Waals surface area contributed by atoms with E-state index < -0.39 is 0 Å². The van der Waals surface area contributed by atoms with Crippen LogP contribution in [0.3, 0.4) is 0 Å². The average Bonchev–Trinajstić information content (AvgIpc) is 2.79. The van der Waals surface area contributed by atoms with Gasteiger partial charge in [0.15, 0.2) is 0 Å². The Bertz CT molecular complexity index is 1250. The number of nitrogens with zero attached hydrogens (tertiary/aromatic N) is 5. The maximum Gasteiger partial charge on any atom is 0.147 e. The highest BCUT2D eigenvalue weighted by Gasteiger charge is 2.18. The van der Waals surface area contributed by atoms with Gasteiger partial charge in [-0.1, -0.05) is 12.1 Å². The normalized spacial score (nSPS) is 14.8. The van der Waals surface area contributed by atoms with Crippen LogP contribution in [0, 0.1) is 5.82 Å². The van der Waals surface area contributed by atoms with E-state index in [0.717, 1.165) is 53.8 Å². The molecule has 0 saturated carbocycles. The maximum atomic E-state index is 15.1. The second-order valence-corrected chi connectivity index (χ2v) is 7.88. The minimum Gasteiger partial charge on any atom is -0.384 e.